The van der Waals surface area contributed by atoms with Gasteiger partial charge >= 0.3 is 0 Å². The number of ether oxygens (including phenoxy) is 1. The van der Waals surface area contributed by atoms with Crippen LogP contribution in [0.3, 0.4) is 0 Å². The van der Waals surface area contributed by atoms with Crippen LogP contribution in [0.2, 0.25) is 0 Å². The van der Waals surface area contributed by atoms with Crippen LogP contribution in [0.5, 0.6) is 5.75 Å². The van der Waals surface area contributed by atoms with Crippen molar-refractivity contribution in [2.75, 3.05) is 7.11 Å². The molecule has 2 heteroatoms. The Morgan fingerprint density at radius 3 is 2.53 bits per heavy atom. The molecule has 0 amide bonds. The number of rotatable bonds is 4. The van der Waals surface area contributed by atoms with Crippen LogP contribution in [0, 0.1) is 0 Å². The maximum Gasteiger partial charge on any atom is 0.122 e. The first kappa shape index (κ1) is 12.2. The maximum absolute atomic E-state index is 10.6. The molecular weight excluding hydrogens is 212 g/mol. The van der Waals surface area contributed by atoms with Gasteiger partial charge in [0.25, 0.3) is 0 Å². The van der Waals surface area contributed by atoms with Crippen molar-refractivity contribution in [1.82, 2.24) is 0 Å². The average molecular weight is 232 g/mol. The highest BCUT2D eigenvalue weighted by Crippen LogP contribution is 2.34. The SMILES string of the molecule is COc1cc2c(cc1C(C)CC=O)CCCC2. The van der Waals surface area contributed by atoms with Crippen molar-refractivity contribution in [3.05, 3.63) is 28.8 Å². The number of methoxy groups -OCH3 is 1. The fourth-order valence-corrected chi connectivity index (χ4v) is 2.62. The summed E-state index contributed by atoms with van der Waals surface area (Å²) >= 11 is 0. The molecule has 0 aliphatic heterocycles. The van der Waals surface area contributed by atoms with E-state index in [0.717, 1.165) is 18.5 Å². The molecule has 0 bridgehead atoms. The van der Waals surface area contributed by atoms with Crippen LogP contribution in [0.4, 0.5) is 0 Å². The van der Waals surface area contributed by atoms with E-state index >= 15 is 0 Å². The van der Waals surface area contributed by atoms with Crippen LogP contribution in [-0.2, 0) is 17.6 Å². The van der Waals surface area contributed by atoms with E-state index in [4.69, 9.17) is 4.74 Å². The minimum absolute atomic E-state index is 0.245. The number of carbonyl (C=O) groups excluding carboxylic acids is 1. The first-order valence-electron chi connectivity index (χ1n) is 6.39. The van der Waals surface area contributed by atoms with Gasteiger partial charge in [-0.2, -0.15) is 0 Å². The standard InChI is InChI=1S/C15H20O2/c1-11(7-8-16)14-9-12-5-3-4-6-13(12)10-15(14)17-2/h8-11H,3-7H2,1-2H3. The Kier molecular flexibility index (Phi) is 3.82. The van der Waals surface area contributed by atoms with Gasteiger partial charge in [-0.15, -0.1) is 0 Å². The summed E-state index contributed by atoms with van der Waals surface area (Å²) in [5.41, 5.74) is 4.06. The molecule has 0 radical (unpaired) electrons. The zero-order valence-electron chi connectivity index (χ0n) is 10.7. The van der Waals surface area contributed by atoms with Gasteiger partial charge in [-0.1, -0.05) is 13.0 Å². The molecule has 0 heterocycles. The Bertz CT molecular complexity index is 410. The lowest BCUT2D eigenvalue weighted by Crippen LogP contribution is -2.07. The van der Waals surface area contributed by atoms with Gasteiger partial charge in [0.2, 0.25) is 0 Å². The molecule has 92 valence electrons. The zero-order chi connectivity index (χ0) is 12.3. The average Bonchev–Trinajstić information content (AvgIpc) is 2.37. The van der Waals surface area contributed by atoms with Gasteiger partial charge < -0.3 is 9.53 Å². The van der Waals surface area contributed by atoms with E-state index in [2.05, 4.69) is 19.1 Å². The summed E-state index contributed by atoms with van der Waals surface area (Å²) in [5, 5.41) is 0. The molecule has 0 aromatic heterocycles. The summed E-state index contributed by atoms with van der Waals surface area (Å²) in [4.78, 5) is 10.6. The smallest absolute Gasteiger partial charge is 0.122 e. The van der Waals surface area contributed by atoms with E-state index < -0.39 is 0 Å². The number of aldehydes is 1. The minimum Gasteiger partial charge on any atom is -0.496 e. The number of benzene rings is 1. The number of hydrogen-bond acceptors (Lipinski definition) is 2. The van der Waals surface area contributed by atoms with Crippen molar-refractivity contribution in [3.8, 4) is 5.75 Å². The highest BCUT2D eigenvalue weighted by molar-refractivity contribution is 5.54. The summed E-state index contributed by atoms with van der Waals surface area (Å²) in [6.07, 6.45) is 6.44. The minimum atomic E-state index is 0.245. The van der Waals surface area contributed by atoms with Crippen LogP contribution in [0.15, 0.2) is 12.1 Å². The zero-order valence-corrected chi connectivity index (χ0v) is 10.7. The highest BCUT2D eigenvalue weighted by Gasteiger charge is 2.17. The normalized spacial score (nSPS) is 16.1. The number of carbonyl (C=O) groups is 1. The molecule has 1 aromatic rings. The second kappa shape index (κ2) is 5.35. The Morgan fingerprint density at radius 2 is 1.94 bits per heavy atom. The monoisotopic (exact) mass is 232 g/mol. The van der Waals surface area contributed by atoms with E-state index in [9.17, 15) is 4.79 Å². The first-order chi connectivity index (χ1) is 8.26. The van der Waals surface area contributed by atoms with E-state index in [0.29, 0.717) is 6.42 Å². The predicted molar refractivity (Wildman–Crippen MR) is 68.7 cm³/mol. The molecule has 2 nitrogen and oxygen atoms in total. The second-order valence-electron chi connectivity index (χ2n) is 4.87. The third-order valence-corrected chi connectivity index (χ3v) is 3.67. The molecule has 0 saturated carbocycles. The third-order valence-electron chi connectivity index (χ3n) is 3.67. The molecule has 0 N–H and O–H groups in total. The molecule has 2 rings (SSSR count). The maximum atomic E-state index is 10.6. The molecule has 1 unspecified atom stereocenters. The van der Waals surface area contributed by atoms with Crippen LogP contribution in [0.1, 0.15) is 48.8 Å². The fourth-order valence-electron chi connectivity index (χ4n) is 2.62. The first-order valence-corrected chi connectivity index (χ1v) is 6.39. The van der Waals surface area contributed by atoms with Gasteiger partial charge in [-0.3, -0.25) is 0 Å². The molecule has 1 aromatic carbocycles. The molecular formula is C15H20O2. The Balaban J connectivity index is 2.39. The molecule has 0 fully saturated rings. The quantitative estimate of drug-likeness (QED) is 0.745. The Hall–Kier alpha value is -1.31. The van der Waals surface area contributed by atoms with Crippen molar-refractivity contribution < 1.29 is 9.53 Å². The van der Waals surface area contributed by atoms with Gasteiger partial charge in [0.15, 0.2) is 0 Å². The van der Waals surface area contributed by atoms with Crippen LogP contribution < -0.4 is 4.74 Å². The van der Waals surface area contributed by atoms with Crippen LogP contribution in [0.25, 0.3) is 0 Å². The van der Waals surface area contributed by atoms with Crippen LogP contribution >= 0.6 is 0 Å². The lowest BCUT2D eigenvalue weighted by molar-refractivity contribution is -0.108. The van der Waals surface area contributed by atoms with Crippen LogP contribution in [-0.4, -0.2) is 13.4 Å². The van der Waals surface area contributed by atoms with Crippen molar-refractivity contribution in [1.29, 1.82) is 0 Å². The Labute approximate surface area is 103 Å². The lowest BCUT2D eigenvalue weighted by atomic mass is 9.86. The van der Waals surface area contributed by atoms with Crippen molar-refractivity contribution in [2.24, 2.45) is 0 Å². The van der Waals surface area contributed by atoms with Crippen molar-refractivity contribution >= 4 is 6.29 Å². The Morgan fingerprint density at radius 1 is 1.29 bits per heavy atom. The summed E-state index contributed by atoms with van der Waals surface area (Å²) in [7, 11) is 1.71. The van der Waals surface area contributed by atoms with E-state index in [-0.39, 0.29) is 5.92 Å². The topological polar surface area (TPSA) is 26.3 Å². The highest BCUT2D eigenvalue weighted by atomic mass is 16.5. The lowest BCUT2D eigenvalue weighted by Gasteiger charge is -2.21. The van der Waals surface area contributed by atoms with Crippen molar-refractivity contribution in [2.45, 2.75) is 44.9 Å². The van der Waals surface area contributed by atoms with Gasteiger partial charge in [0, 0.05) is 6.42 Å². The van der Waals surface area contributed by atoms with Gasteiger partial charge in [-0.05, 0) is 54.4 Å². The van der Waals surface area contributed by atoms with Crippen molar-refractivity contribution in [3.63, 3.8) is 0 Å². The summed E-state index contributed by atoms with van der Waals surface area (Å²) in [5.74, 6) is 1.19. The molecule has 0 spiro atoms. The third kappa shape index (κ3) is 2.51. The van der Waals surface area contributed by atoms with Gasteiger partial charge in [-0.25, -0.2) is 0 Å². The molecule has 1 atom stereocenters. The molecule has 1 aliphatic carbocycles. The summed E-state index contributed by atoms with van der Waals surface area (Å²) in [6, 6.07) is 4.42. The second-order valence-corrected chi connectivity index (χ2v) is 4.87. The van der Waals surface area contributed by atoms with Gasteiger partial charge in [0.05, 0.1) is 7.11 Å². The van der Waals surface area contributed by atoms with E-state index in [1.54, 1.807) is 7.11 Å². The predicted octanol–water partition coefficient (Wildman–Crippen LogP) is 3.27. The molecule has 17 heavy (non-hydrogen) atoms. The molecule has 1 aliphatic rings. The summed E-state index contributed by atoms with van der Waals surface area (Å²) < 4.78 is 5.46. The van der Waals surface area contributed by atoms with E-state index in [1.807, 2.05) is 0 Å². The summed E-state index contributed by atoms with van der Waals surface area (Å²) in [6.45, 7) is 2.08. The molecule has 0 saturated heterocycles. The van der Waals surface area contributed by atoms with Gasteiger partial charge in [0.1, 0.15) is 12.0 Å². The number of aryl methyl sites for hydroxylation is 2. The number of fused-ring (bicyclic) bond motifs is 1. The largest absolute Gasteiger partial charge is 0.496 e. The fraction of sp³-hybridized carbons (Fsp3) is 0.533. The number of hydrogen-bond donors (Lipinski definition) is 0. The van der Waals surface area contributed by atoms with E-state index in [1.165, 1.54) is 36.0 Å².